The van der Waals surface area contributed by atoms with E-state index in [0.29, 0.717) is 6.42 Å². The highest BCUT2D eigenvalue weighted by Crippen LogP contribution is 2.30. The second-order valence-corrected chi connectivity index (χ2v) is 10.1. The molecule has 0 spiro atoms. The molecule has 0 aliphatic carbocycles. The molecule has 1 atom stereocenters. The highest BCUT2D eigenvalue weighted by atomic mass is 16.7. The zero-order chi connectivity index (χ0) is 23.7. The summed E-state index contributed by atoms with van der Waals surface area (Å²) in [7, 11) is 0. The molecular weight excluding hydrogens is 400 g/mol. The lowest BCUT2D eigenvalue weighted by Crippen LogP contribution is -2.49. The van der Waals surface area contributed by atoms with Crippen LogP contribution in [-0.2, 0) is 28.7 Å². The average molecular weight is 441 g/mol. The van der Waals surface area contributed by atoms with Gasteiger partial charge in [-0.25, -0.2) is 0 Å². The number of hydrogen-bond acceptors (Lipinski definition) is 6. The van der Waals surface area contributed by atoms with Crippen molar-refractivity contribution in [1.29, 1.82) is 0 Å². The molecule has 1 fully saturated rings. The van der Waals surface area contributed by atoms with E-state index in [1.54, 1.807) is 0 Å². The molecule has 0 amide bonds. The predicted octanol–water partition coefficient (Wildman–Crippen LogP) is 5.05. The summed E-state index contributed by atoms with van der Waals surface area (Å²) in [6, 6.07) is 0. The van der Waals surface area contributed by atoms with Gasteiger partial charge in [0.1, 0.15) is 0 Å². The number of Topliss-reactive ketones (excluding diaryl/α,β-unsaturated/α-hetero) is 1. The number of ketones is 1. The Bertz CT molecular complexity index is 610. The fourth-order valence-electron chi connectivity index (χ4n) is 3.94. The molecule has 0 bridgehead atoms. The fourth-order valence-corrected chi connectivity index (χ4v) is 3.94. The smallest absolute Gasteiger partial charge is 0.331 e. The van der Waals surface area contributed by atoms with Crippen LogP contribution in [0, 0.1) is 17.3 Å². The topological polar surface area (TPSA) is 107 Å². The Morgan fingerprint density at radius 2 is 1.29 bits per heavy atom. The molecule has 1 N–H and O–H groups in total. The number of cyclic esters (lactones) is 2. The van der Waals surface area contributed by atoms with Crippen LogP contribution in [0.15, 0.2) is 0 Å². The number of carbonyl (C=O) groups is 4. The molecule has 0 saturated carbocycles. The first-order chi connectivity index (χ1) is 14.3. The van der Waals surface area contributed by atoms with Crippen molar-refractivity contribution in [3.63, 3.8) is 0 Å². The van der Waals surface area contributed by atoms with Crippen molar-refractivity contribution >= 4 is 23.7 Å². The average Bonchev–Trinajstić information content (AvgIpc) is 2.59. The number of carboxylic acid groups (broad SMARTS) is 1. The van der Waals surface area contributed by atoms with Crippen LogP contribution in [0.25, 0.3) is 0 Å². The van der Waals surface area contributed by atoms with Gasteiger partial charge in [0.25, 0.3) is 5.79 Å². The first kappa shape index (κ1) is 27.1. The summed E-state index contributed by atoms with van der Waals surface area (Å²) in [4.78, 5) is 47.3. The van der Waals surface area contributed by atoms with E-state index in [0.717, 1.165) is 57.8 Å². The molecule has 1 heterocycles. The maximum absolute atomic E-state index is 12.2. The third kappa shape index (κ3) is 9.83. The van der Waals surface area contributed by atoms with Crippen molar-refractivity contribution in [3.05, 3.63) is 0 Å². The predicted molar refractivity (Wildman–Crippen MR) is 116 cm³/mol. The number of hydrogen-bond donors (Lipinski definition) is 1. The minimum absolute atomic E-state index is 0.174. The van der Waals surface area contributed by atoms with Gasteiger partial charge in [-0.1, -0.05) is 72.1 Å². The van der Waals surface area contributed by atoms with E-state index in [9.17, 15) is 24.3 Å². The fraction of sp³-hybridized carbons (Fsp3) is 0.833. The monoisotopic (exact) mass is 440 g/mol. The Hall–Kier alpha value is -1.92. The Morgan fingerprint density at radius 3 is 1.71 bits per heavy atom. The molecule has 178 valence electrons. The molecule has 7 heteroatoms. The minimum Gasteiger partial charge on any atom is -0.481 e. The molecule has 7 nitrogen and oxygen atoms in total. The molecule has 1 unspecified atom stereocenters. The van der Waals surface area contributed by atoms with Gasteiger partial charge in [-0.2, -0.15) is 0 Å². The van der Waals surface area contributed by atoms with Gasteiger partial charge >= 0.3 is 17.9 Å². The van der Waals surface area contributed by atoms with E-state index >= 15 is 0 Å². The summed E-state index contributed by atoms with van der Waals surface area (Å²) >= 11 is 0. The van der Waals surface area contributed by atoms with Crippen LogP contribution >= 0.6 is 0 Å². The molecule has 31 heavy (non-hydrogen) atoms. The highest BCUT2D eigenvalue weighted by molar-refractivity contribution is 6.15. The number of rotatable bonds is 14. The van der Waals surface area contributed by atoms with Crippen LogP contribution < -0.4 is 0 Å². The van der Waals surface area contributed by atoms with Crippen molar-refractivity contribution in [1.82, 2.24) is 0 Å². The maximum Gasteiger partial charge on any atom is 0.331 e. The van der Waals surface area contributed by atoms with Gasteiger partial charge in [-0.3, -0.25) is 19.2 Å². The Kier molecular flexibility index (Phi) is 10.7. The van der Waals surface area contributed by atoms with Crippen LogP contribution in [0.4, 0.5) is 0 Å². The largest absolute Gasteiger partial charge is 0.481 e. The second kappa shape index (κ2) is 12.2. The summed E-state index contributed by atoms with van der Waals surface area (Å²) in [5, 5.41) is 9.34. The van der Waals surface area contributed by atoms with E-state index in [1.165, 1.54) is 13.8 Å². The first-order valence-corrected chi connectivity index (χ1v) is 11.6. The minimum atomic E-state index is -1.44. The van der Waals surface area contributed by atoms with Crippen LogP contribution in [-0.4, -0.2) is 34.6 Å². The molecule has 0 aromatic heterocycles. The molecule has 1 aliphatic heterocycles. The third-order valence-electron chi connectivity index (χ3n) is 5.75. The molecule has 0 aromatic carbocycles. The van der Waals surface area contributed by atoms with Crippen molar-refractivity contribution in [2.24, 2.45) is 17.3 Å². The summed E-state index contributed by atoms with van der Waals surface area (Å²) in [5.41, 5.74) is -0.207. The maximum atomic E-state index is 12.2. The SMILES string of the molecule is CC1(C)OC(=O)C(C(=O)CCCCCCCCCCCC(C(=O)O)C(C)(C)C)C(=O)O1. The summed E-state index contributed by atoms with van der Waals surface area (Å²) < 4.78 is 9.97. The van der Waals surface area contributed by atoms with E-state index in [4.69, 9.17) is 9.47 Å². The van der Waals surface area contributed by atoms with Crippen molar-refractivity contribution in [2.75, 3.05) is 0 Å². The van der Waals surface area contributed by atoms with Crippen molar-refractivity contribution < 1.29 is 33.8 Å². The summed E-state index contributed by atoms with van der Waals surface area (Å²) in [6.07, 6.45) is 9.85. The molecular formula is C24H40O7. The summed E-state index contributed by atoms with van der Waals surface area (Å²) in [6.45, 7) is 8.86. The number of carbonyl (C=O) groups excluding carboxylic acids is 3. The quantitative estimate of drug-likeness (QED) is 0.229. The lowest BCUT2D eigenvalue weighted by molar-refractivity contribution is -0.238. The van der Waals surface area contributed by atoms with E-state index in [-0.39, 0.29) is 17.8 Å². The number of carboxylic acids is 1. The lowest BCUT2D eigenvalue weighted by atomic mass is 9.78. The number of aliphatic carboxylic acids is 1. The van der Waals surface area contributed by atoms with E-state index < -0.39 is 35.4 Å². The van der Waals surface area contributed by atoms with Gasteiger partial charge in [-0.05, 0) is 18.3 Å². The standard InChI is InChI=1S/C24H40O7/c1-23(2,3)17(20(26)27)15-13-11-9-7-6-8-10-12-14-16-18(25)19-21(28)30-24(4,5)31-22(19)29/h17,19H,6-16H2,1-5H3,(H,26,27). The van der Waals surface area contributed by atoms with Gasteiger partial charge in [0.2, 0.25) is 5.92 Å². The molecule has 1 saturated heterocycles. The zero-order valence-electron chi connectivity index (χ0n) is 19.8. The van der Waals surface area contributed by atoms with Gasteiger partial charge in [-0.15, -0.1) is 0 Å². The van der Waals surface area contributed by atoms with E-state index in [1.807, 2.05) is 20.8 Å². The van der Waals surface area contributed by atoms with Crippen LogP contribution in [0.2, 0.25) is 0 Å². The second-order valence-electron chi connectivity index (χ2n) is 10.1. The Morgan fingerprint density at radius 1 is 0.871 bits per heavy atom. The molecule has 0 radical (unpaired) electrons. The Labute approximate surface area is 186 Å². The van der Waals surface area contributed by atoms with E-state index in [2.05, 4.69) is 0 Å². The number of esters is 2. The van der Waals surface area contributed by atoms with Gasteiger partial charge in [0, 0.05) is 20.3 Å². The molecule has 1 rings (SSSR count). The van der Waals surface area contributed by atoms with Crippen molar-refractivity contribution in [2.45, 2.75) is 111 Å². The van der Waals surface area contributed by atoms with Gasteiger partial charge in [0.05, 0.1) is 5.92 Å². The molecule has 1 aliphatic rings. The molecule has 0 aromatic rings. The van der Waals surface area contributed by atoms with Gasteiger partial charge < -0.3 is 14.6 Å². The first-order valence-electron chi connectivity index (χ1n) is 11.6. The lowest BCUT2D eigenvalue weighted by Gasteiger charge is -2.32. The highest BCUT2D eigenvalue weighted by Gasteiger charge is 2.46. The number of unbranched alkanes of at least 4 members (excludes halogenated alkanes) is 8. The normalized spacial score (nSPS) is 17.7. The van der Waals surface area contributed by atoms with Gasteiger partial charge in [0.15, 0.2) is 5.78 Å². The van der Waals surface area contributed by atoms with Crippen LogP contribution in [0.3, 0.4) is 0 Å². The van der Waals surface area contributed by atoms with Crippen molar-refractivity contribution in [3.8, 4) is 0 Å². The summed E-state index contributed by atoms with van der Waals surface area (Å²) in [5.74, 6) is -5.80. The van der Waals surface area contributed by atoms with Crippen LogP contribution in [0.5, 0.6) is 0 Å². The Balaban J connectivity index is 2.07. The van der Waals surface area contributed by atoms with Crippen LogP contribution in [0.1, 0.15) is 105 Å². The number of ether oxygens (including phenoxy) is 2. The third-order valence-corrected chi connectivity index (χ3v) is 5.75. The zero-order valence-corrected chi connectivity index (χ0v) is 19.8.